The minimum absolute atomic E-state index is 0.127. The Bertz CT molecular complexity index is 670. The maximum absolute atomic E-state index is 12.4. The standard InChI is InChI=1S/C22H35NO5/c1-8-9-12-23-14-16(24)15-10-11-17(27-19(25)21(2,3)4)18(13-15)28-20(26)22(5,6)7/h10-11,13,16,23-24H,8-9,12,14H2,1-7H3/t16-/m1/s1. The fourth-order valence-electron chi connectivity index (χ4n) is 2.06. The molecule has 2 N–H and O–H groups in total. The van der Waals surface area contributed by atoms with E-state index in [0.717, 1.165) is 19.4 Å². The van der Waals surface area contributed by atoms with Crippen LogP contribution in [0.5, 0.6) is 11.5 Å². The van der Waals surface area contributed by atoms with Gasteiger partial charge in [-0.25, -0.2) is 0 Å². The molecule has 0 saturated carbocycles. The molecule has 1 rings (SSSR count). The quantitative estimate of drug-likeness (QED) is 0.394. The molecule has 0 aliphatic carbocycles. The summed E-state index contributed by atoms with van der Waals surface area (Å²) in [4.78, 5) is 24.6. The Labute approximate surface area is 168 Å². The van der Waals surface area contributed by atoms with Crippen LogP contribution in [0.2, 0.25) is 0 Å². The van der Waals surface area contributed by atoms with Gasteiger partial charge >= 0.3 is 11.9 Å². The van der Waals surface area contributed by atoms with Gasteiger partial charge in [0, 0.05) is 6.54 Å². The number of benzene rings is 1. The molecule has 158 valence electrons. The Morgan fingerprint density at radius 2 is 1.54 bits per heavy atom. The molecule has 6 nitrogen and oxygen atoms in total. The van der Waals surface area contributed by atoms with Crippen LogP contribution in [0.4, 0.5) is 0 Å². The molecule has 0 bridgehead atoms. The van der Waals surface area contributed by atoms with E-state index in [1.165, 1.54) is 0 Å². The summed E-state index contributed by atoms with van der Waals surface area (Å²) >= 11 is 0. The third kappa shape index (κ3) is 7.60. The van der Waals surface area contributed by atoms with Gasteiger partial charge in [-0.15, -0.1) is 0 Å². The van der Waals surface area contributed by atoms with Gasteiger partial charge in [-0.2, -0.15) is 0 Å². The monoisotopic (exact) mass is 393 g/mol. The molecular formula is C22H35NO5. The molecular weight excluding hydrogens is 358 g/mol. The molecule has 0 saturated heterocycles. The Morgan fingerprint density at radius 3 is 2.04 bits per heavy atom. The fraction of sp³-hybridized carbons (Fsp3) is 0.636. The summed E-state index contributed by atoms with van der Waals surface area (Å²) in [6.07, 6.45) is 1.34. The van der Waals surface area contributed by atoms with Crippen LogP contribution >= 0.6 is 0 Å². The van der Waals surface area contributed by atoms with E-state index in [9.17, 15) is 14.7 Å². The van der Waals surface area contributed by atoms with Gasteiger partial charge in [-0.1, -0.05) is 19.4 Å². The molecule has 0 aliphatic rings. The molecule has 0 radical (unpaired) electrons. The average molecular weight is 394 g/mol. The zero-order valence-electron chi connectivity index (χ0n) is 18.2. The average Bonchev–Trinajstić information content (AvgIpc) is 2.58. The topological polar surface area (TPSA) is 84.9 Å². The second-order valence-electron chi connectivity index (χ2n) is 9.06. The van der Waals surface area contributed by atoms with Crippen molar-refractivity contribution in [3.63, 3.8) is 0 Å². The van der Waals surface area contributed by atoms with Crippen molar-refractivity contribution in [2.75, 3.05) is 13.1 Å². The van der Waals surface area contributed by atoms with E-state index < -0.39 is 28.9 Å². The highest BCUT2D eigenvalue weighted by Crippen LogP contribution is 2.34. The zero-order valence-corrected chi connectivity index (χ0v) is 18.2. The van der Waals surface area contributed by atoms with E-state index in [4.69, 9.17) is 9.47 Å². The third-order valence-corrected chi connectivity index (χ3v) is 4.03. The van der Waals surface area contributed by atoms with E-state index in [1.54, 1.807) is 59.7 Å². The predicted molar refractivity (Wildman–Crippen MR) is 109 cm³/mol. The highest BCUT2D eigenvalue weighted by Gasteiger charge is 2.28. The van der Waals surface area contributed by atoms with Crippen molar-refractivity contribution >= 4 is 11.9 Å². The number of aliphatic hydroxyl groups excluding tert-OH is 1. The zero-order chi connectivity index (χ0) is 21.5. The number of esters is 2. The van der Waals surface area contributed by atoms with E-state index in [1.807, 2.05) is 0 Å². The van der Waals surface area contributed by atoms with E-state index in [0.29, 0.717) is 12.1 Å². The lowest BCUT2D eigenvalue weighted by molar-refractivity contribution is -0.145. The second kappa shape index (κ2) is 10.0. The van der Waals surface area contributed by atoms with Crippen molar-refractivity contribution in [2.45, 2.75) is 67.4 Å². The lowest BCUT2D eigenvalue weighted by atomic mass is 9.97. The molecule has 6 heteroatoms. The van der Waals surface area contributed by atoms with E-state index in [2.05, 4.69) is 12.2 Å². The van der Waals surface area contributed by atoms with Crippen LogP contribution in [0.15, 0.2) is 18.2 Å². The minimum atomic E-state index is -0.767. The van der Waals surface area contributed by atoms with E-state index in [-0.39, 0.29) is 11.5 Å². The normalized spacial score (nSPS) is 13.1. The van der Waals surface area contributed by atoms with E-state index >= 15 is 0 Å². The van der Waals surface area contributed by atoms with Crippen molar-refractivity contribution in [2.24, 2.45) is 10.8 Å². The van der Waals surface area contributed by atoms with Crippen molar-refractivity contribution in [3.8, 4) is 11.5 Å². The van der Waals surface area contributed by atoms with Gasteiger partial charge in [0.15, 0.2) is 11.5 Å². The van der Waals surface area contributed by atoms with Crippen LogP contribution in [0, 0.1) is 10.8 Å². The SMILES string of the molecule is CCCCNC[C@@H](O)c1ccc(OC(=O)C(C)(C)C)c(OC(=O)C(C)(C)C)c1. The van der Waals surface area contributed by atoms with Gasteiger partial charge in [0.2, 0.25) is 0 Å². The fourth-order valence-corrected chi connectivity index (χ4v) is 2.06. The van der Waals surface area contributed by atoms with Crippen molar-refractivity contribution in [3.05, 3.63) is 23.8 Å². The number of hydrogen-bond acceptors (Lipinski definition) is 6. The molecule has 0 heterocycles. The van der Waals surface area contributed by atoms with Crippen LogP contribution in [0.1, 0.15) is 73.0 Å². The number of hydrogen-bond donors (Lipinski definition) is 2. The highest BCUT2D eigenvalue weighted by atomic mass is 16.6. The second-order valence-corrected chi connectivity index (χ2v) is 9.06. The molecule has 0 unspecified atom stereocenters. The Balaban J connectivity index is 3.08. The summed E-state index contributed by atoms with van der Waals surface area (Å²) in [5.74, 6) is -0.599. The first-order valence-electron chi connectivity index (χ1n) is 9.83. The summed E-state index contributed by atoms with van der Waals surface area (Å²) in [6.45, 7) is 13.8. The molecule has 28 heavy (non-hydrogen) atoms. The van der Waals surface area contributed by atoms with Crippen molar-refractivity contribution in [1.82, 2.24) is 5.32 Å². The number of nitrogens with one attached hydrogen (secondary N) is 1. The lowest BCUT2D eigenvalue weighted by Gasteiger charge is -2.21. The maximum Gasteiger partial charge on any atom is 0.316 e. The van der Waals surface area contributed by atoms with Gasteiger partial charge in [-0.05, 0) is 72.2 Å². The summed E-state index contributed by atoms with van der Waals surface area (Å²) in [7, 11) is 0. The number of ether oxygens (including phenoxy) is 2. The van der Waals surface area contributed by atoms with Crippen molar-refractivity contribution < 1.29 is 24.2 Å². The van der Waals surface area contributed by atoms with Crippen molar-refractivity contribution in [1.29, 1.82) is 0 Å². The Kier molecular flexibility index (Phi) is 8.64. The van der Waals surface area contributed by atoms with Gasteiger partial charge in [-0.3, -0.25) is 9.59 Å². The molecule has 0 aromatic heterocycles. The van der Waals surface area contributed by atoms with Gasteiger partial charge in [0.25, 0.3) is 0 Å². The molecule has 0 aliphatic heterocycles. The summed E-state index contributed by atoms with van der Waals surface area (Å²) < 4.78 is 11.0. The molecule has 0 fully saturated rings. The largest absolute Gasteiger partial charge is 0.422 e. The highest BCUT2D eigenvalue weighted by molar-refractivity contribution is 5.81. The minimum Gasteiger partial charge on any atom is -0.422 e. The first kappa shape index (κ1) is 24.1. The molecule has 1 atom stereocenters. The number of carbonyl (C=O) groups is 2. The summed E-state index contributed by atoms with van der Waals surface area (Å²) in [5.41, 5.74) is -0.842. The summed E-state index contributed by atoms with van der Waals surface area (Å²) in [5, 5.41) is 13.6. The number of rotatable bonds is 8. The van der Waals surface area contributed by atoms with Gasteiger partial charge in [0.1, 0.15) is 0 Å². The third-order valence-electron chi connectivity index (χ3n) is 4.03. The number of carbonyl (C=O) groups excluding carboxylic acids is 2. The van der Waals surface area contributed by atoms with Crippen LogP contribution in [-0.2, 0) is 9.59 Å². The van der Waals surface area contributed by atoms with Gasteiger partial charge < -0.3 is 19.9 Å². The van der Waals surface area contributed by atoms with Crippen LogP contribution in [-0.4, -0.2) is 30.1 Å². The van der Waals surface area contributed by atoms with Gasteiger partial charge in [0.05, 0.1) is 16.9 Å². The molecule has 1 aromatic carbocycles. The van der Waals surface area contributed by atoms with Crippen LogP contribution < -0.4 is 14.8 Å². The number of aliphatic hydroxyl groups is 1. The van der Waals surface area contributed by atoms with Crippen LogP contribution in [0.25, 0.3) is 0 Å². The Morgan fingerprint density at radius 1 is 1.00 bits per heavy atom. The predicted octanol–water partition coefficient (Wildman–Crippen LogP) is 4.01. The Hall–Kier alpha value is -1.92. The first-order valence-corrected chi connectivity index (χ1v) is 9.83. The van der Waals surface area contributed by atoms with Crippen LogP contribution in [0.3, 0.4) is 0 Å². The molecule has 0 spiro atoms. The molecule has 1 aromatic rings. The summed E-state index contributed by atoms with van der Waals surface area (Å²) in [6, 6.07) is 4.78. The smallest absolute Gasteiger partial charge is 0.316 e. The lowest BCUT2D eigenvalue weighted by Crippen LogP contribution is -2.28. The maximum atomic E-state index is 12.4. The first-order chi connectivity index (χ1) is 12.9. The number of unbranched alkanes of at least 4 members (excludes halogenated alkanes) is 1. The molecule has 0 amide bonds.